The average Bonchev–Trinajstić information content (AvgIpc) is 3.66. The fourth-order valence-corrected chi connectivity index (χ4v) is 4.86. The fraction of sp³-hybridized carbons (Fsp3) is 0.214. The number of aryl methyl sites for hydroxylation is 1. The Balaban J connectivity index is 1.25. The van der Waals surface area contributed by atoms with Gasteiger partial charge in [0.15, 0.2) is 0 Å². The third kappa shape index (κ3) is 7.25. The molecular weight excluding hydrogens is 591 g/mol. The van der Waals surface area contributed by atoms with Crippen LogP contribution in [0.5, 0.6) is 5.75 Å². The number of rotatable bonds is 11. The molecule has 15 heteroatoms. The predicted molar refractivity (Wildman–Crippen MR) is 145 cm³/mol. The van der Waals surface area contributed by atoms with E-state index in [0.29, 0.717) is 17.8 Å². The van der Waals surface area contributed by atoms with Crippen molar-refractivity contribution in [3.8, 4) is 28.6 Å². The first-order chi connectivity index (χ1) is 20.5. The number of alkyl halides is 3. The van der Waals surface area contributed by atoms with E-state index in [1.165, 1.54) is 18.2 Å². The molecule has 224 valence electrons. The standard InChI is InChI=1S/C28H24F3N5O6S/c1-18-2-9-23(10-3-18)43(38,39)41-13-12-40-25-11-8-21(14-24(25)28(29,30)31)27-32-26(34-42-27)20-6-4-19(5-7-20)15-36-16-22(17-37)33-35-36/h2-11,14,16,37H,12-13,15,17H2,1H3. The van der Waals surface area contributed by atoms with E-state index in [-0.39, 0.29) is 28.8 Å². The third-order valence-electron chi connectivity index (χ3n) is 6.15. The van der Waals surface area contributed by atoms with Crippen LogP contribution in [0.25, 0.3) is 22.8 Å². The van der Waals surface area contributed by atoms with Crippen LogP contribution < -0.4 is 4.74 Å². The number of aliphatic hydroxyl groups is 1. The van der Waals surface area contributed by atoms with Crippen molar-refractivity contribution < 1.29 is 40.1 Å². The van der Waals surface area contributed by atoms with Gasteiger partial charge in [-0.2, -0.15) is 26.6 Å². The molecule has 0 radical (unpaired) electrons. The van der Waals surface area contributed by atoms with Crippen molar-refractivity contribution in [2.75, 3.05) is 13.2 Å². The molecule has 2 heterocycles. The summed E-state index contributed by atoms with van der Waals surface area (Å²) in [5, 5.41) is 20.7. The van der Waals surface area contributed by atoms with Crippen LogP contribution in [0.1, 0.15) is 22.4 Å². The van der Waals surface area contributed by atoms with Gasteiger partial charge in [-0.1, -0.05) is 52.3 Å². The molecular formula is C28H24F3N5O6S. The van der Waals surface area contributed by atoms with Gasteiger partial charge < -0.3 is 14.4 Å². The Morgan fingerprint density at radius 3 is 2.37 bits per heavy atom. The Labute approximate surface area is 243 Å². The maximum absolute atomic E-state index is 13.9. The van der Waals surface area contributed by atoms with E-state index in [4.69, 9.17) is 18.5 Å². The second-order valence-electron chi connectivity index (χ2n) is 9.33. The maximum atomic E-state index is 13.9. The second kappa shape index (κ2) is 12.3. The molecule has 0 atom stereocenters. The summed E-state index contributed by atoms with van der Waals surface area (Å²) < 4.78 is 83.2. The van der Waals surface area contributed by atoms with Crippen LogP contribution in [-0.2, 0) is 33.6 Å². The smallest absolute Gasteiger partial charge is 0.419 e. The van der Waals surface area contributed by atoms with Crippen LogP contribution in [0.2, 0.25) is 0 Å². The summed E-state index contributed by atoms with van der Waals surface area (Å²) in [4.78, 5) is 4.17. The number of hydrogen-bond donors (Lipinski definition) is 1. The molecule has 0 aliphatic rings. The molecule has 0 fully saturated rings. The van der Waals surface area contributed by atoms with Crippen molar-refractivity contribution in [3.63, 3.8) is 0 Å². The first-order valence-corrected chi connectivity index (χ1v) is 14.2. The van der Waals surface area contributed by atoms with Crippen LogP contribution in [0, 0.1) is 6.92 Å². The number of aromatic nitrogens is 5. The molecule has 0 saturated heterocycles. The van der Waals surface area contributed by atoms with Gasteiger partial charge in [0.25, 0.3) is 16.0 Å². The van der Waals surface area contributed by atoms with Gasteiger partial charge in [-0.05, 0) is 42.8 Å². The Kier molecular flexibility index (Phi) is 8.57. The quantitative estimate of drug-likeness (QED) is 0.165. The largest absolute Gasteiger partial charge is 0.490 e. The van der Waals surface area contributed by atoms with Crippen LogP contribution >= 0.6 is 0 Å². The minimum Gasteiger partial charge on any atom is -0.490 e. The van der Waals surface area contributed by atoms with Gasteiger partial charge in [0, 0.05) is 11.1 Å². The normalized spacial score (nSPS) is 12.0. The lowest BCUT2D eigenvalue weighted by Gasteiger charge is -2.15. The van der Waals surface area contributed by atoms with Crippen molar-refractivity contribution in [2.45, 2.75) is 31.1 Å². The van der Waals surface area contributed by atoms with E-state index in [2.05, 4.69) is 20.5 Å². The molecule has 2 aromatic heterocycles. The molecule has 0 spiro atoms. The molecule has 0 amide bonds. The van der Waals surface area contributed by atoms with Crippen molar-refractivity contribution in [2.24, 2.45) is 0 Å². The molecule has 0 aliphatic carbocycles. The molecule has 0 saturated carbocycles. The van der Waals surface area contributed by atoms with Crippen molar-refractivity contribution >= 4 is 10.1 Å². The van der Waals surface area contributed by atoms with E-state index in [0.717, 1.165) is 23.3 Å². The summed E-state index contributed by atoms with van der Waals surface area (Å²) in [5.41, 5.74) is 1.67. The number of aliphatic hydroxyl groups excluding tert-OH is 1. The predicted octanol–water partition coefficient (Wildman–Crippen LogP) is 4.65. The van der Waals surface area contributed by atoms with E-state index in [1.807, 2.05) is 0 Å². The number of hydrogen-bond acceptors (Lipinski definition) is 10. The van der Waals surface area contributed by atoms with Gasteiger partial charge in [0.1, 0.15) is 24.7 Å². The van der Waals surface area contributed by atoms with Gasteiger partial charge in [-0.25, -0.2) is 4.68 Å². The molecule has 0 unspecified atom stereocenters. The highest BCUT2D eigenvalue weighted by atomic mass is 32.2. The second-order valence-corrected chi connectivity index (χ2v) is 10.9. The highest BCUT2D eigenvalue weighted by Crippen LogP contribution is 2.39. The summed E-state index contributed by atoms with van der Waals surface area (Å²) >= 11 is 0. The zero-order valence-corrected chi connectivity index (χ0v) is 23.3. The van der Waals surface area contributed by atoms with Crippen LogP contribution in [0.15, 0.2) is 82.3 Å². The summed E-state index contributed by atoms with van der Waals surface area (Å²) in [6, 6.07) is 16.2. The number of nitrogens with zero attached hydrogens (tertiary/aromatic N) is 5. The van der Waals surface area contributed by atoms with E-state index < -0.39 is 40.8 Å². The van der Waals surface area contributed by atoms with Crippen molar-refractivity contribution in [1.82, 2.24) is 25.1 Å². The minimum absolute atomic E-state index is 0.0131. The van der Waals surface area contributed by atoms with Gasteiger partial charge in [0.2, 0.25) is 5.82 Å². The lowest BCUT2D eigenvalue weighted by atomic mass is 10.1. The van der Waals surface area contributed by atoms with E-state index in [1.54, 1.807) is 54.2 Å². The Morgan fingerprint density at radius 2 is 1.70 bits per heavy atom. The number of benzene rings is 3. The zero-order chi connectivity index (χ0) is 30.6. The molecule has 3 aromatic carbocycles. The molecule has 5 rings (SSSR count). The molecule has 11 nitrogen and oxygen atoms in total. The third-order valence-corrected chi connectivity index (χ3v) is 7.48. The molecule has 43 heavy (non-hydrogen) atoms. The highest BCUT2D eigenvalue weighted by molar-refractivity contribution is 7.86. The summed E-state index contributed by atoms with van der Waals surface area (Å²) in [5.74, 6) is -0.477. The minimum atomic E-state index is -4.79. The van der Waals surface area contributed by atoms with E-state index >= 15 is 0 Å². The Bertz CT molecular complexity index is 1800. The highest BCUT2D eigenvalue weighted by Gasteiger charge is 2.35. The Hall–Kier alpha value is -4.60. The van der Waals surface area contributed by atoms with Gasteiger partial charge in [-0.15, -0.1) is 5.10 Å². The Morgan fingerprint density at radius 1 is 0.977 bits per heavy atom. The molecule has 0 aliphatic heterocycles. The van der Waals surface area contributed by atoms with Crippen molar-refractivity contribution in [3.05, 3.63) is 95.3 Å². The van der Waals surface area contributed by atoms with E-state index in [9.17, 15) is 21.6 Å². The fourth-order valence-electron chi connectivity index (χ4n) is 3.97. The zero-order valence-electron chi connectivity index (χ0n) is 22.5. The SMILES string of the molecule is Cc1ccc(S(=O)(=O)OCCOc2ccc(-c3nc(-c4ccc(Cn5cc(CO)nn5)cc4)no3)cc2C(F)(F)F)cc1. The van der Waals surface area contributed by atoms with Gasteiger partial charge in [0.05, 0.1) is 29.8 Å². The lowest BCUT2D eigenvalue weighted by molar-refractivity contribution is -0.139. The van der Waals surface area contributed by atoms with Crippen LogP contribution in [-0.4, -0.2) is 51.9 Å². The lowest BCUT2D eigenvalue weighted by Crippen LogP contribution is -2.15. The van der Waals surface area contributed by atoms with Crippen molar-refractivity contribution in [1.29, 1.82) is 0 Å². The van der Waals surface area contributed by atoms with Crippen LogP contribution in [0.3, 0.4) is 0 Å². The number of halogens is 3. The van der Waals surface area contributed by atoms with Gasteiger partial charge in [-0.3, -0.25) is 4.18 Å². The van der Waals surface area contributed by atoms with Crippen LogP contribution in [0.4, 0.5) is 13.2 Å². The molecule has 1 N–H and O–H groups in total. The summed E-state index contributed by atoms with van der Waals surface area (Å²) in [6.07, 6.45) is -3.17. The first kappa shape index (κ1) is 29.9. The number of ether oxygens (including phenoxy) is 1. The molecule has 5 aromatic rings. The topological polar surface area (TPSA) is 142 Å². The molecule has 0 bridgehead atoms. The summed E-state index contributed by atoms with van der Waals surface area (Å²) in [7, 11) is -4.09. The summed E-state index contributed by atoms with van der Waals surface area (Å²) in [6.45, 7) is 1.05. The maximum Gasteiger partial charge on any atom is 0.419 e. The first-order valence-electron chi connectivity index (χ1n) is 12.8. The average molecular weight is 616 g/mol. The monoisotopic (exact) mass is 615 g/mol. The van der Waals surface area contributed by atoms with Gasteiger partial charge >= 0.3 is 6.18 Å².